The van der Waals surface area contributed by atoms with Crippen molar-refractivity contribution in [2.24, 2.45) is 0 Å². The number of nitrogens with zero attached hydrogens (tertiary/aromatic N) is 4. The number of rotatable bonds is 14. The van der Waals surface area contributed by atoms with Crippen molar-refractivity contribution < 1.29 is 9.59 Å². The van der Waals surface area contributed by atoms with Gasteiger partial charge in [-0.2, -0.15) is 0 Å². The number of carbonyl (C=O) groups excluding carboxylic acids is 2. The van der Waals surface area contributed by atoms with Crippen LogP contribution in [-0.2, 0) is 13.1 Å². The summed E-state index contributed by atoms with van der Waals surface area (Å²) in [5.41, 5.74) is 3.11. The Kier molecular flexibility index (Phi) is 9.57. The van der Waals surface area contributed by atoms with Crippen LogP contribution in [0.15, 0.2) is 54.6 Å². The van der Waals surface area contributed by atoms with E-state index in [9.17, 15) is 9.59 Å². The topological polar surface area (TPSA) is 68.1 Å². The van der Waals surface area contributed by atoms with Crippen LogP contribution in [-0.4, -0.2) is 50.1 Å². The third-order valence-corrected chi connectivity index (χ3v) is 22.9. The second-order valence-electron chi connectivity index (χ2n) is 10.4. The standard InChI is InChI=1S/C18H13N4O2.3C4H9.Sn/c23-17-15-8-4-5-9-16(15)18(24)21(17)12-14-10-19-20-22(14)11-13-6-2-1-3-7-13;3*1-3-4-2;/h1-9H,11-12H2;3*1,3-4H2,2H3;. The minimum absolute atomic E-state index is 0.213. The van der Waals surface area contributed by atoms with E-state index in [4.69, 9.17) is 10.3 Å². The molecule has 3 aromatic rings. The van der Waals surface area contributed by atoms with Crippen LogP contribution in [0.5, 0.6) is 0 Å². The van der Waals surface area contributed by atoms with E-state index in [-0.39, 0.29) is 18.4 Å². The van der Waals surface area contributed by atoms with Crippen molar-refractivity contribution in [1.29, 1.82) is 0 Å². The fourth-order valence-electron chi connectivity index (χ4n) is 5.59. The summed E-state index contributed by atoms with van der Waals surface area (Å²) in [5, 5.41) is 9.65. The molecule has 0 spiro atoms. The first-order valence-corrected chi connectivity index (χ1v) is 21.4. The van der Waals surface area contributed by atoms with Crippen LogP contribution >= 0.6 is 0 Å². The fraction of sp³-hybridized carbons (Fsp3) is 0.467. The molecule has 0 N–H and O–H groups in total. The number of carbonyl (C=O) groups is 2. The molecular formula is C30H40N4O2Sn. The Balaban J connectivity index is 1.79. The number of aromatic nitrogens is 3. The summed E-state index contributed by atoms with van der Waals surface area (Å²) in [7, 11) is 0. The third kappa shape index (κ3) is 6.00. The van der Waals surface area contributed by atoms with Gasteiger partial charge in [0.25, 0.3) is 0 Å². The van der Waals surface area contributed by atoms with Gasteiger partial charge in [-0.3, -0.25) is 0 Å². The summed E-state index contributed by atoms with van der Waals surface area (Å²) < 4.78 is 6.93. The van der Waals surface area contributed by atoms with E-state index < -0.39 is 18.4 Å². The maximum absolute atomic E-state index is 13.4. The van der Waals surface area contributed by atoms with Crippen molar-refractivity contribution in [1.82, 2.24) is 19.9 Å². The van der Waals surface area contributed by atoms with Gasteiger partial charge in [-0.15, -0.1) is 0 Å². The van der Waals surface area contributed by atoms with Crippen LogP contribution in [0.1, 0.15) is 91.3 Å². The van der Waals surface area contributed by atoms with Crippen LogP contribution in [0.3, 0.4) is 0 Å². The molecule has 0 aliphatic carbocycles. The molecule has 1 aliphatic rings. The van der Waals surface area contributed by atoms with E-state index in [1.807, 2.05) is 35.0 Å². The number of amides is 2. The molecule has 0 bridgehead atoms. The van der Waals surface area contributed by atoms with Crippen LogP contribution < -0.4 is 3.71 Å². The third-order valence-electron chi connectivity index (χ3n) is 7.73. The molecule has 37 heavy (non-hydrogen) atoms. The average Bonchev–Trinajstić information content (AvgIpc) is 3.43. The number of fused-ring (bicyclic) bond motifs is 1. The molecule has 2 amide bonds. The van der Waals surface area contributed by atoms with Gasteiger partial charge in [-0.25, -0.2) is 0 Å². The molecule has 0 saturated heterocycles. The Morgan fingerprint density at radius 2 is 1.22 bits per heavy atom. The van der Waals surface area contributed by atoms with E-state index in [1.54, 1.807) is 12.1 Å². The molecule has 4 rings (SSSR count). The first-order valence-electron chi connectivity index (χ1n) is 14.0. The van der Waals surface area contributed by atoms with Gasteiger partial charge in [0.1, 0.15) is 0 Å². The Morgan fingerprint density at radius 3 is 1.73 bits per heavy atom. The van der Waals surface area contributed by atoms with Crippen molar-refractivity contribution in [2.45, 2.75) is 85.7 Å². The minimum atomic E-state index is -2.99. The van der Waals surface area contributed by atoms with Gasteiger partial charge in [-0.1, -0.05) is 0 Å². The van der Waals surface area contributed by atoms with Crippen molar-refractivity contribution in [3.05, 3.63) is 77.0 Å². The first kappa shape index (κ1) is 27.6. The normalized spacial score (nSPS) is 13.4. The predicted molar refractivity (Wildman–Crippen MR) is 151 cm³/mol. The zero-order valence-electron chi connectivity index (χ0n) is 22.6. The van der Waals surface area contributed by atoms with Gasteiger partial charge in [-0.05, 0) is 0 Å². The summed E-state index contributed by atoms with van der Waals surface area (Å²) in [6.07, 6.45) is 7.14. The molecule has 196 valence electrons. The van der Waals surface area contributed by atoms with Gasteiger partial charge >= 0.3 is 226 Å². The molecule has 2 heterocycles. The van der Waals surface area contributed by atoms with E-state index in [2.05, 4.69) is 32.9 Å². The zero-order valence-corrected chi connectivity index (χ0v) is 25.4. The predicted octanol–water partition coefficient (Wildman–Crippen LogP) is 6.18. The number of unbranched alkanes of at least 4 members (excludes halogenated alkanes) is 3. The van der Waals surface area contributed by atoms with Gasteiger partial charge in [0.05, 0.1) is 0 Å². The van der Waals surface area contributed by atoms with Crippen LogP contribution in [0.25, 0.3) is 0 Å². The Hall–Kier alpha value is -2.48. The van der Waals surface area contributed by atoms with Gasteiger partial charge in [0.15, 0.2) is 0 Å². The van der Waals surface area contributed by atoms with E-state index in [1.165, 1.54) is 60.4 Å². The molecule has 0 saturated carbocycles. The average molecular weight is 607 g/mol. The number of hydrogen-bond donors (Lipinski definition) is 0. The molecule has 7 heteroatoms. The summed E-state index contributed by atoms with van der Waals surface area (Å²) in [4.78, 5) is 28.1. The fourth-order valence-corrected chi connectivity index (χ4v) is 21.7. The molecule has 1 aliphatic heterocycles. The van der Waals surface area contributed by atoms with Crippen LogP contribution in [0.2, 0.25) is 13.3 Å². The molecule has 0 unspecified atom stereocenters. The van der Waals surface area contributed by atoms with Crippen molar-refractivity contribution >= 4 is 33.9 Å². The summed E-state index contributed by atoms with van der Waals surface area (Å²) >= 11 is -2.99. The van der Waals surface area contributed by atoms with Crippen LogP contribution in [0, 0.1) is 0 Å². The maximum atomic E-state index is 13.4. The molecule has 6 nitrogen and oxygen atoms in total. The monoisotopic (exact) mass is 608 g/mol. The van der Waals surface area contributed by atoms with Crippen molar-refractivity contribution in [2.75, 3.05) is 0 Å². The van der Waals surface area contributed by atoms with E-state index in [0.29, 0.717) is 17.7 Å². The van der Waals surface area contributed by atoms with E-state index >= 15 is 0 Å². The van der Waals surface area contributed by atoms with Crippen molar-refractivity contribution in [3.8, 4) is 0 Å². The molecule has 2 aromatic carbocycles. The Bertz CT molecular complexity index is 1150. The second kappa shape index (κ2) is 12.9. The summed E-state index contributed by atoms with van der Waals surface area (Å²) in [6, 6.07) is 17.4. The molecule has 0 atom stereocenters. The van der Waals surface area contributed by atoms with E-state index in [0.717, 1.165) is 11.3 Å². The Labute approximate surface area is 225 Å². The number of imide groups is 1. The molecule has 1 aromatic heterocycles. The van der Waals surface area contributed by atoms with Gasteiger partial charge < -0.3 is 0 Å². The van der Waals surface area contributed by atoms with Gasteiger partial charge in [0, 0.05) is 0 Å². The zero-order chi connectivity index (χ0) is 26.3. The Morgan fingerprint density at radius 1 is 0.703 bits per heavy atom. The summed E-state index contributed by atoms with van der Waals surface area (Å²) in [5.74, 6) is -0.425. The quantitative estimate of drug-likeness (QED) is 0.162. The molecular weight excluding hydrogens is 567 g/mol. The molecule has 0 radical (unpaired) electrons. The van der Waals surface area contributed by atoms with Gasteiger partial charge in [0.2, 0.25) is 0 Å². The number of benzene rings is 2. The van der Waals surface area contributed by atoms with Crippen molar-refractivity contribution in [3.63, 3.8) is 0 Å². The second-order valence-corrected chi connectivity index (χ2v) is 23.3. The SMILES string of the molecule is CCC[CH2][Sn]([CH2]CCC)([CH2]CCC)[c]1nnn(Cc2ccccc2)c1CN1C(=O)c2ccccc2C1=O. The summed E-state index contributed by atoms with van der Waals surface area (Å²) in [6.45, 7) is 7.63. The van der Waals surface area contributed by atoms with Crippen LogP contribution in [0.4, 0.5) is 0 Å². The number of hydrogen-bond acceptors (Lipinski definition) is 4. The molecule has 0 fully saturated rings. The first-order chi connectivity index (χ1) is 18.0.